The number of hydrogen-bond donors (Lipinski definition) is 1. The molecule has 1 amide bonds. The van der Waals surface area contributed by atoms with Gasteiger partial charge in [-0.15, -0.1) is 12.4 Å². The van der Waals surface area contributed by atoms with Gasteiger partial charge in [-0.25, -0.2) is 0 Å². The molecule has 2 rings (SSSR count). The fourth-order valence-corrected chi connectivity index (χ4v) is 2.80. The average molecular weight is 349 g/mol. The van der Waals surface area contributed by atoms with Crippen LogP contribution >= 0.6 is 12.4 Å². The summed E-state index contributed by atoms with van der Waals surface area (Å²) in [7, 11) is 3.49. The Kier molecular flexibility index (Phi) is 7.26. The number of hydrogen-bond acceptors (Lipinski definition) is 3. The van der Waals surface area contributed by atoms with Crippen molar-refractivity contribution >= 4 is 18.3 Å². The van der Waals surface area contributed by atoms with E-state index in [1.165, 1.54) is 0 Å². The van der Waals surface area contributed by atoms with Crippen molar-refractivity contribution in [3.63, 3.8) is 0 Å². The zero-order chi connectivity index (χ0) is 17.0. The van der Waals surface area contributed by atoms with E-state index in [-0.39, 0.29) is 18.3 Å². The highest BCUT2D eigenvalue weighted by Gasteiger charge is 2.13. The predicted molar refractivity (Wildman–Crippen MR) is 99.8 cm³/mol. The largest absolute Gasteiger partial charge is 0.496 e. The Bertz CT molecular complexity index is 676. The maximum absolute atomic E-state index is 12.5. The maximum Gasteiger partial charge on any atom is 0.253 e. The molecule has 0 aliphatic heterocycles. The summed E-state index contributed by atoms with van der Waals surface area (Å²) in [5.41, 5.74) is 10.5. The molecule has 2 aromatic carbocycles. The van der Waals surface area contributed by atoms with Crippen LogP contribution in [0.4, 0.5) is 0 Å². The number of aryl methyl sites for hydroxylation is 2. The molecule has 4 nitrogen and oxygen atoms in total. The van der Waals surface area contributed by atoms with Gasteiger partial charge >= 0.3 is 0 Å². The normalized spacial score (nSPS) is 10.0. The Morgan fingerprint density at radius 1 is 1.08 bits per heavy atom. The third kappa shape index (κ3) is 4.49. The molecule has 0 fully saturated rings. The number of carbonyl (C=O) groups excluding carboxylic acids is 1. The monoisotopic (exact) mass is 348 g/mol. The van der Waals surface area contributed by atoms with Crippen LogP contribution in [0.5, 0.6) is 5.75 Å². The first-order chi connectivity index (χ1) is 11.0. The molecule has 0 atom stereocenters. The lowest BCUT2D eigenvalue weighted by Crippen LogP contribution is -2.26. The molecule has 0 unspecified atom stereocenters. The minimum absolute atomic E-state index is 0. The highest BCUT2D eigenvalue weighted by Crippen LogP contribution is 2.25. The summed E-state index contributed by atoms with van der Waals surface area (Å²) in [6, 6.07) is 11.6. The number of methoxy groups -OCH3 is 1. The Labute approximate surface area is 150 Å². The number of nitrogens with zero attached hydrogens (tertiary/aromatic N) is 1. The van der Waals surface area contributed by atoms with Crippen molar-refractivity contribution in [1.82, 2.24) is 4.90 Å². The zero-order valence-corrected chi connectivity index (χ0v) is 15.4. The van der Waals surface area contributed by atoms with E-state index < -0.39 is 0 Å². The fourth-order valence-electron chi connectivity index (χ4n) is 2.80. The van der Waals surface area contributed by atoms with Gasteiger partial charge in [-0.1, -0.05) is 24.3 Å². The van der Waals surface area contributed by atoms with Gasteiger partial charge in [-0.3, -0.25) is 4.79 Å². The number of benzene rings is 2. The highest BCUT2D eigenvalue weighted by atomic mass is 35.5. The van der Waals surface area contributed by atoms with E-state index in [9.17, 15) is 4.79 Å². The summed E-state index contributed by atoms with van der Waals surface area (Å²) in [6.45, 7) is 5.07. The van der Waals surface area contributed by atoms with Crippen LogP contribution in [0.25, 0.3) is 0 Å². The minimum Gasteiger partial charge on any atom is -0.496 e. The maximum atomic E-state index is 12.5. The van der Waals surface area contributed by atoms with Crippen molar-refractivity contribution in [2.24, 2.45) is 5.73 Å². The van der Waals surface area contributed by atoms with Gasteiger partial charge in [-0.05, 0) is 48.2 Å². The smallest absolute Gasteiger partial charge is 0.253 e. The second kappa shape index (κ2) is 8.71. The van der Waals surface area contributed by atoms with Crippen LogP contribution < -0.4 is 10.5 Å². The lowest BCUT2D eigenvalue weighted by molar-refractivity contribution is 0.0785. The zero-order valence-electron chi connectivity index (χ0n) is 14.6. The summed E-state index contributed by atoms with van der Waals surface area (Å²) in [5.74, 6) is 0.903. The molecule has 2 N–H and O–H groups in total. The second-order valence-electron chi connectivity index (χ2n) is 5.83. The summed E-state index contributed by atoms with van der Waals surface area (Å²) < 4.78 is 5.38. The predicted octanol–water partition coefficient (Wildman–Crippen LogP) is 3.46. The van der Waals surface area contributed by atoms with E-state index in [0.29, 0.717) is 18.7 Å². The molecule has 0 aliphatic rings. The second-order valence-corrected chi connectivity index (χ2v) is 5.83. The Morgan fingerprint density at radius 2 is 1.62 bits per heavy atom. The highest BCUT2D eigenvalue weighted by molar-refractivity contribution is 5.94. The summed E-state index contributed by atoms with van der Waals surface area (Å²) in [4.78, 5) is 14.2. The van der Waals surface area contributed by atoms with Crippen LogP contribution in [0.2, 0.25) is 0 Å². The number of rotatable bonds is 5. The van der Waals surface area contributed by atoms with Gasteiger partial charge < -0.3 is 15.4 Å². The number of amides is 1. The Hall–Kier alpha value is -2.04. The van der Waals surface area contributed by atoms with Gasteiger partial charge in [0, 0.05) is 25.7 Å². The molecule has 24 heavy (non-hydrogen) atoms. The molecule has 0 saturated heterocycles. The lowest BCUT2D eigenvalue weighted by Gasteiger charge is -2.19. The van der Waals surface area contributed by atoms with Gasteiger partial charge in [-0.2, -0.15) is 0 Å². The van der Waals surface area contributed by atoms with Crippen LogP contribution in [-0.2, 0) is 13.1 Å². The first kappa shape index (κ1) is 20.0. The van der Waals surface area contributed by atoms with E-state index in [1.807, 2.05) is 45.2 Å². The number of ether oxygens (including phenoxy) is 1. The topological polar surface area (TPSA) is 55.6 Å². The first-order valence-electron chi connectivity index (χ1n) is 7.64. The van der Waals surface area contributed by atoms with Crippen molar-refractivity contribution in [1.29, 1.82) is 0 Å². The molecule has 2 aromatic rings. The molecule has 0 spiro atoms. The van der Waals surface area contributed by atoms with Crippen LogP contribution in [0.3, 0.4) is 0 Å². The molecule has 0 saturated carbocycles. The van der Waals surface area contributed by atoms with Crippen molar-refractivity contribution in [3.05, 3.63) is 64.2 Å². The van der Waals surface area contributed by atoms with Gasteiger partial charge in [0.25, 0.3) is 5.91 Å². The molecule has 130 valence electrons. The number of carbonyl (C=O) groups is 1. The van der Waals surface area contributed by atoms with Crippen LogP contribution in [-0.4, -0.2) is 25.0 Å². The summed E-state index contributed by atoms with van der Waals surface area (Å²) >= 11 is 0. The van der Waals surface area contributed by atoms with Gasteiger partial charge in [0.15, 0.2) is 0 Å². The van der Waals surface area contributed by atoms with E-state index in [0.717, 1.165) is 28.0 Å². The molecule has 0 aromatic heterocycles. The van der Waals surface area contributed by atoms with Crippen molar-refractivity contribution in [2.75, 3.05) is 14.2 Å². The number of halogens is 1. The van der Waals surface area contributed by atoms with Crippen LogP contribution in [0.15, 0.2) is 36.4 Å². The van der Waals surface area contributed by atoms with Crippen molar-refractivity contribution in [2.45, 2.75) is 26.9 Å². The average Bonchev–Trinajstić information content (AvgIpc) is 2.54. The standard InChI is InChI=1S/C19H24N2O2.ClH/c1-13-9-16(10-14(2)18(13)23-4)12-21(3)19(22)17-7-5-15(11-20)6-8-17;/h5-10H,11-12,20H2,1-4H3;1H. The quantitative estimate of drug-likeness (QED) is 0.900. The molecular formula is C19H25ClN2O2. The van der Waals surface area contributed by atoms with E-state index >= 15 is 0 Å². The van der Waals surface area contributed by atoms with Gasteiger partial charge in [0.05, 0.1) is 7.11 Å². The molecular weight excluding hydrogens is 324 g/mol. The molecule has 0 aliphatic carbocycles. The summed E-state index contributed by atoms with van der Waals surface area (Å²) in [5, 5.41) is 0. The van der Waals surface area contributed by atoms with Gasteiger partial charge in [0.2, 0.25) is 0 Å². The first-order valence-corrected chi connectivity index (χ1v) is 7.64. The van der Waals surface area contributed by atoms with Crippen molar-refractivity contribution in [3.8, 4) is 5.75 Å². The SMILES string of the molecule is COc1c(C)cc(CN(C)C(=O)c2ccc(CN)cc2)cc1C.Cl. The molecule has 0 heterocycles. The van der Waals surface area contributed by atoms with Crippen LogP contribution in [0.1, 0.15) is 32.6 Å². The Balaban J connectivity index is 0.00000288. The molecule has 5 heteroatoms. The molecule has 0 bridgehead atoms. The lowest BCUT2D eigenvalue weighted by atomic mass is 10.0. The number of nitrogens with two attached hydrogens (primary N) is 1. The van der Waals surface area contributed by atoms with E-state index in [4.69, 9.17) is 10.5 Å². The third-order valence-electron chi connectivity index (χ3n) is 3.93. The van der Waals surface area contributed by atoms with Crippen LogP contribution in [0, 0.1) is 13.8 Å². The van der Waals surface area contributed by atoms with Gasteiger partial charge in [0.1, 0.15) is 5.75 Å². The third-order valence-corrected chi connectivity index (χ3v) is 3.93. The van der Waals surface area contributed by atoms with E-state index in [1.54, 1.807) is 12.0 Å². The Morgan fingerprint density at radius 3 is 2.08 bits per heavy atom. The van der Waals surface area contributed by atoms with E-state index in [2.05, 4.69) is 12.1 Å². The minimum atomic E-state index is -0.000282. The summed E-state index contributed by atoms with van der Waals surface area (Å²) in [6.07, 6.45) is 0. The van der Waals surface area contributed by atoms with Crippen molar-refractivity contribution < 1.29 is 9.53 Å². The molecule has 0 radical (unpaired) electrons. The fraction of sp³-hybridized carbons (Fsp3) is 0.316.